The third-order valence-corrected chi connectivity index (χ3v) is 3.78. The van der Waals surface area contributed by atoms with E-state index < -0.39 is 11.9 Å². The van der Waals surface area contributed by atoms with Crippen molar-refractivity contribution >= 4 is 29.0 Å². The van der Waals surface area contributed by atoms with Crippen LogP contribution in [0.25, 0.3) is 5.57 Å². The van der Waals surface area contributed by atoms with Gasteiger partial charge in [-0.1, -0.05) is 36.9 Å². The Labute approximate surface area is 151 Å². The number of hydrogen-bond acceptors (Lipinski definition) is 4. The van der Waals surface area contributed by atoms with Crippen LogP contribution in [0, 0.1) is 0 Å². The van der Waals surface area contributed by atoms with Crippen LogP contribution in [0.5, 0.6) is 0 Å². The number of benzene rings is 2. The molecule has 0 heterocycles. The number of carbonyl (C=O) groups is 3. The molecule has 0 radical (unpaired) electrons. The fourth-order valence-corrected chi connectivity index (χ4v) is 2.42. The molecule has 6 heteroatoms. The molecule has 26 heavy (non-hydrogen) atoms. The molecule has 0 bridgehead atoms. The van der Waals surface area contributed by atoms with Gasteiger partial charge in [0.05, 0.1) is 12.7 Å². The van der Waals surface area contributed by atoms with Crippen LogP contribution in [0.2, 0.25) is 0 Å². The van der Waals surface area contributed by atoms with Crippen LogP contribution < -0.4 is 11.1 Å². The lowest BCUT2D eigenvalue weighted by atomic mass is 10.0. The molecule has 0 aliphatic rings. The fourth-order valence-electron chi connectivity index (χ4n) is 2.42. The van der Waals surface area contributed by atoms with Crippen molar-refractivity contribution in [3.63, 3.8) is 0 Å². The molecule has 0 aromatic heterocycles. The molecule has 2 rings (SSSR count). The number of methoxy groups -OCH3 is 1. The Balaban J connectivity index is 2.20. The first kappa shape index (κ1) is 18.9. The van der Waals surface area contributed by atoms with Crippen molar-refractivity contribution in [2.75, 3.05) is 12.4 Å². The zero-order valence-corrected chi connectivity index (χ0v) is 14.5. The maximum atomic E-state index is 12.6. The Morgan fingerprint density at radius 1 is 1.12 bits per heavy atom. The van der Waals surface area contributed by atoms with Gasteiger partial charge in [-0.15, -0.1) is 0 Å². The molecule has 2 amide bonds. The molecule has 0 saturated carbocycles. The number of aryl methyl sites for hydroxylation is 1. The van der Waals surface area contributed by atoms with Crippen molar-refractivity contribution < 1.29 is 19.1 Å². The normalized spacial score (nSPS) is 10.0. The van der Waals surface area contributed by atoms with Gasteiger partial charge in [0.15, 0.2) is 0 Å². The molecule has 3 N–H and O–H groups in total. The highest BCUT2D eigenvalue weighted by Crippen LogP contribution is 2.24. The molecule has 0 fully saturated rings. The van der Waals surface area contributed by atoms with Crippen LogP contribution in [0.1, 0.15) is 27.9 Å². The number of nitrogens with one attached hydrogen (secondary N) is 1. The molecule has 0 aliphatic carbocycles. The smallest absolute Gasteiger partial charge is 0.337 e. The second-order valence-electron chi connectivity index (χ2n) is 5.64. The molecule has 0 aliphatic heterocycles. The van der Waals surface area contributed by atoms with Crippen molar-refractivity contribution in [3.8, 4) is 0 Å². The van der Waals surface area contributed by atoms with Crippen LogP contribution in [0.15, 0.2) is 55.1 Å². The molecule has 2 aromatic rings. The molecule has 2 aromatic carbocycles. The highest BCUT2D eigenvalue weighted by molar-refractivity contribution is 6.18. The van der Waals surface area contributed by atoms with E-state index in [1.807, 2.05) is 6.07 Å². The Kier molecular flexibility index (Phi) is 6.27. The van der Waals surface area contributed by atoms with Gasteiger partial charge < -0.3 is 15.8 Å². The molecule has 0 saturated heterocycles. The SMILES string of the molecule is C=C(C(=O)OC)c1ccccc1NC(=O)c1cccc(CCC(N)=O)c1. The summed E-state index contributed by atoms with van der Waals surface area (Å²) in [6.07, 6.45) is 0.680. The summed E-state index contributed by atoms with van der Waals surface area (Å²) in [6, 6.07) is 13.8. The van der Waals surface area contributed by atoms with Gasteiger partial charge in [0.1, 0.15) is 0 Å². The molecule has 134 valence electrons. The number of anilines is 1. The monoisotopic (exact) mass is 352 g/mol. The number of nitrogens with two attached hydrogens (primary N) is 1. The van der Waals surface area contributed by atoms with E-state index >= 15 is 0 Å². The summed E-state index contributed by atoms with van der Waals surface area (Å²) in [4.78, 5) is 35.2. The van der Waals surface area contributed by atoms with Crippen molar-refractivity contribution in [3.05, 3.63) is 71.8 Å². The Bertz CT molecular complexity index is 858. The highest BCUT2D eigenvalue weighted by atomic mass is 16.5. The molecule has 0 spiro atoms. The fraction of sp³-hybridized carbons (Fsp3) is 0.150. The zero-order chi connectivity index (χ0) is 19.1. The van der Waals surface area contributed by atoms with E-state index in [0.717, 1.165) is 5.56 Å². The van der Waals surface area contributed by atoms with Gasteiger partial charge in [-0.25, -0.2) is 4.79 Å². The number of ether oxygens (including phenoxy) is 1. The number of amides is 2. The summed E-state index contributed by atoms with van der Waals surface area (Å²) in [5, 5.41) is 2.78. The first-order valence-electron chi connectivity index (χ1n) is 7.97. The number of esters is 1. The van der Waals surface area contributed by atoms with Crippen LogP contribution in [-0.2, 0) is 20.7 Å². The number of carbonyl (C=O) groups excluding carboxylic acids is 3. The third-order valence-electron chi connectivity index (χ3n) is 3.78. The van der Waals surface area contributed by atoms with Crippen molar-refractivity contribution in [1.82, 2.24) is 0 Å². The van der Waals surface area contributed by atoms with Crippen molar-refractivity contribution in [2.45, 2.75) is 12.8 Å². The molecule has 6 nitrogen and oxygen atoms in total. The van der Waals surface area contributed by atoms with Gasteiger partial charge in [0, 0.05) is 23.2 Å². The second-order valence-corrected chi connectivity index (χ2v) is 5.64. The third kappa shape index (κ3) is 4.80. The number of hydrogen-bond donors (Lipinski definition) is 2. The number of para-hydroxylation sites is 1. The van der Waals surface area contributed by atoms with Crippen LogP contribution in [0.4, 0.5) is 5.69 Å². The zero-order valence-electron chi connectivity index (χ0n) is 14.5. The summed E-state index contributed by atoms with van der Waals surface area (Å²) in [5.41, 5.74) is 7.52. The number of rotatable bonds is 7. The standard InChI is InChI=1S/C20H20N2O4/c1-13(20(25)26-2)16-8-3-4-9-17(16)22-19(24)15-7-5-6-14(12-15)10-11-18(21)23/h3-9,12H,1,10-11H2,2H3,(H2,21,23)(H,22,24). The molecular formula is C20H20N2O4. The maximum absolute atomic E-state index is 12.6. The van der Waals surface area contributed by atoms with E-state index in [2.05, 4.69) is 16.6 Å². The Morgan fingerprint density at radius 2 is 1.85 bits per heavy atom. The summed E-state index contributed by atoms with van der Waals surface area (Å²) < 4.78 is 4.68. The molecule has 0 unspecified atom stereocenters. The minimum atomic E-state index is -0.569. The van der Waals surface area contributed by atoms with Gasteiger partial charge in [-0.3, -0.25) is 9.59 Å². The van der Waals surface area contributed by atoms with E-state index in [9.17, 15) is 14.4 Å². The van der Waals surface area contributed by atoms with Crippen molar-refractivity contribution in [1.29, 1.82) is 0 Å². The average Bonchev–Trinajstić information content (AvgIpc) is 2.65. The highest BCUT2D eigenvalue weighted by Gasteiger charge is 2.15. The minimum Gasteiger partial charge on any atom is -0.465 e. The molecule has 0 atom stereocenters. The largest absolute Gasteiger partial charge is 0.465 e. The van der Waals surface area contributed by atoms with E-state index in [1.54, 1.807) is 42.5 Å². The number of primary amides is 1. The van der Waals surface area contributed by atoms with Gasteiger partial charge in [-0.05, 0) is 30.2 Å². The summed E-state index contributed by atoms with van der Waals surface area (Å²) >= 11 is 0. The lowest BCUT2D eigenvalue weighted by Gasteiger charge is -2.12. The van der Waals surface area contributed by atoms with E-state index in [-0.39, 0.29) is 17.9 Å². The van der Waals surface area contributed by atoms with Crippen LogP contribution >= 0.6 is 0 Å². The van der Waals surface area contributed by atoms with Gasteiger partial charge >= 0.3 is 5.97 Å². The van der Waals surface area contributed by atoms with E-state index in [0.29, 0.717) is 23.2 Å². The first-order chi connectivity index (χ1) is 12.4. The van der Waals surface area contributed by atoms with Crippen LogP contribution in [0.3, 0.4) is 0 Å². The Hall–Kier alpha value is -3.41. The van der Waals surface area contributed by atoms with Gasteiger partial charge in [-0.2, -0.15) is 0 Å². The molecular weight excluding hydrogens is 332 g/mol. The maximum Gasteiger partial charge on any atom is 0.337 e. The lowest BCUT2D eigenvalue weighted by molar-refractivity contribution is -0.133. The summed E-state index contributed by atoms with van der Waals surface area (Å²) in [6.45, 7) is 3.72. The van der Waals surface area contributed by atoms with Gasteiger partial charge in [0.2, 0.25) is 5.91 Å². The predicted molar refractivity (Wildman–Crippen MR) is 99.4 cm³/mol. The lowest BCUT2D eigenvalue weighted by Crippen LogP contribution is -2.15. The van der Waals surface area contributed by atoms with E-state index in [4.69, 9.17) is 5.73 Å². The second kappa shape index (κ2) is 8.62. The van der Waals surface area contributed by atoms with Gasteiger partial charge in [0.25, 0.3) is 5.91 Å². The minimum absolute atomic E-state index is 0.151. The summed E-state index contributed by atoms with van der Waals surface area (Å²) in [7, 11) is 1.27. The average molecular weight is 352 g/mol. The Morgan fingerprint density at radius 3 is 2.54 bits per heavy atom. The summed E-state index contributed by atoms with van der Waals surface area (Å²) in [5.74, 6) is -1.30. The predicted octanol–water partition coefficient (Wildman–Crippen LogP) is 2.54. The quantitative estimate of drug-likeness (QED) is 0.591. The van der Waals surface area contributed by atoms with E-state index in [1.165, 1.54) is 7.11 Å². The topological polar surface area (TPSA) is 98.5 Å². The van der Waals surface area contributed by atoms with Crippen LogP contribution in [-0.4, -0.2) is 24.9 Å². The first-order valence-corrected chi connectivity index (χ1v) is 7.97. The van der Waals surface area contributed by atoms with Crippen molar-refractivity contribution in [2.24, 2.45) is 5.73 Å².